The van der Waals surface area contributed by atoms with E-state index in [-0.39, 0.29) is 24.6 Å². The Morgan fingerprint density at radius 3 is 2.45 bits per heavy atom. The number of benzene rings is 1. The minimum Gasteiger partial charge on any atom is -0.480 e. The van der Waals surface area contributed by atoms with E-state index >= 15 is 0 Å². The van der Waals surface area contributed by atoms with Crippen LogP contribution in [-0.2, 0) is 14.3 Å². The SMILES string of the molecule is CCOC(=O)C(/C(N)=N/N=Cc1ccccc1)=C(/O)OCC. The third-order valence-corrected chi connectivity index (χ3v) is 2.40. The van der Waals surface area contributed by atoms with Crippen molar-refractivity contribution in [2.75, 3.05) is 13.2 Å². The topological polar surface area (TPSA) is 107 Å². The van der Waals surface area contributed by atoms with Crippen molar-refractivity contribution in [1.82, 2.24) is 0 Å². The number of nitrogens with zero attached hydrogens (tertiary/aromatic N) is 2. The first-order valence-corrected chi connectivity index (χ1v) is 6.75. The highest BCUT2D eigenvalue weighted by molar-refractivity contribution is 6.18. The molecule has 7 nitrogen and oxygen atoms in total. The van der Waals surface area contributed by atoms with Gasteiger partial charge in [-0.3, -0.25) is 0 Å². The van der Waals surface area contributed by atoms with Gasteiger partial charge in [-0.1, -0.05) is 30.3 Å². The van der Waals surface area contributed by atoms with Crippen LogP contribution in [0.1, 0.15) is 19.4 Å². The largest absolute Gasteiger partial charge is 0.480 e. The van der Waals surface area contributed by atoms with E-state index in [2.05, 4.69) is 10.2 Å². The molecule has 118 valence electrons. The summed E-state index contributed by atoms with van der Waals surface area (Å²) < 4.78 is 9.69. The molecule has 0 bridgehead atoms. The molecule has 0 aliphatic carbocycles. The summed E-state index contributed by atoms with van der Waals surface area (Å²) in [6, 6.07) is 9.22. The van der Waals surface area contributed by atoms with Gasteiger partial charge in [-0.15, -0.1) is 5.10 Å². The molecule has 7 heteroatoms. The summed E-state index contributed by atoms with van der Waals surface area (Å²) in [5.74, 6) is -1.77. The van der Waals surface area contributed by atoms with E-state index in [1.807, 2.05) is 30.3 Å². The zero-order valence-corrected chi connectivity index (χ0v) is 12.5. The molecule has 0 atom stereocenters. The number of nitrogens with two attached hydrogens (primary N) is 1. The molecule has 0 amide bonds. The van der Waals surface area contributed by atoms with Gasteiger partial charge in [0.1, 0.15) is 0 Å². The molecule has 3 N–H and O–H groups in total. The monoisotopic (exact) mass is 305 g/mol. The molecule has 0 saturated carbocycles. The van der Waals surface area contributed by atoms with Crippen molar-refractivity contribution in [2.24, 2.45) is 15.9 Å². The van der Waals surface area contributed by atoms with E-state index in [1.54, 1.807) is 13.8 Å². The van der Waals surface area contributed by atoms with Gasteiger partial charge >= 0.3 is 5.97 Å². The Morgan fingerprint density at radius 2 is 1.86 bits per heavy atom. The van der Waals surface area contributed by atoms with Crippen molar-refractivity contribution in [3.05, 3.63) is 47.4 Å². The lowest BCUT2D eigenvalue weighted by molar-refractivity contribution is -0.138. The molecule has 1 aromatic rings. The van der Waals surface area contributed by atoms with Gasteiger partial charge in [-0.25, -0.2) is 4.79 Å². The Bertz CT molecular complexity index is 580. The molecule has 0 unspecified atom stereocenters. The maximum absolute atomic E-state index is 11.8. The lowest BCUT2D eigenvalue weighted by Gasteiger charge is -2.08. The van der Waals surface area contributed by atoms with Gasteiger partial charge in [-0.05, 0) is 19.4 Å². The first-order valence-electron chi connectivity index (χ1n) is 6.75. The van der Waals surface area contributed by atoms with Crippen LogP contribution in [0.5, 0.6) is 0 Å². The van der Waals surface area contributed by atoms with Crippen molar-refractivity contribution in [1.29, 1.82) is 0 Å². The summed E-state index contributed by atoms with van der Waals surface area (Å²) in [6.45, 7) is 3.58. The molecule has 1 rings (SSSR count). The van der Waals surface area contributed by atoms with E-state index in [0.29, 0.717) is 0 Å². The molecule has 1 aromatic carbocycles. The minimum absolute atomic E-state index is 0.127. The Balaban J connectivity index is 2.98. The molecular formula is C15H19N3O4. The number of esters is 1. The summed E-state index contributed by atoms with van der Waals surface area (Å²) in [6.07, 6.45) is 1.47. The molecular weight excluding hydrogens is 286 g/mol. The average molecular weight is 305 g/mol. The fourth-order valence-corrected chi connectivity index (χ4v) is 1.46. The van der Waals surface area contributed by atoms with Crippen LogP contribution < -0.4 is 5.73 Å². The second-order valence-corrected chi connectivity index (χ2v) is 3.97. The first-order chi connectivity index (χ1) is 10.6. The lowest BCUT2D eigenvalue weighted by Crippen LogP contribution is -2.25. The second-order valence-electron chi connectivity index (χ2n) is 3.97. The van der Waals surface area contributed by atoms with E-state index < -0.39 is 11.9 Å². The van der Waals surface area contributed by atoms with Crippen molar-refractivity contribution in [3.8, 4) is 0 Å². The molecule has 22 heavy (non-hydrogen) atoms. The van der Waals surface area contributed by atoms with Crippen LogP contribution >= 0.6 is 0 Å². The smallest absolute Gasteiger partial charge is 0.349 e. The molecule has 0 aromatic heterocycles. The van der Waals surface area contributed by atoms with Gasteiger partial charge < -0.3 is 20.3 Å². The average Bonchev–Trinajstić information content (AvgIpc) is 2.49. The third-order valence-electron chi connectivity index (χ3n) is 2.40. The number of carbonyl (C=O) groups excluding carboxylic acids is 1. The van der Waals surface area contributed by atoms with Crippen LogP contribution in [0.2, 0.25) is 0 Å². The summed E-state index contributed by atoms with van der Waals surface area (Å²) in [5.41, 5.74) is 6.14. The maximum atomic E-state index is 11.8. The number of carbonyl (C=O) groups is 1. The van der Waals surface area contributed by atoms with E-state index in [4.69, 9.17) is 15.2 Å². The van der Waals surface area contributed by atoms with Crippen molar-refractivity contribution >= 4 is 18.0 Å². The Kier molecular flexibility index (Phi) is 7.18. The van der Waals surface area contributed by atoms with Gasteiger partial charge in [0.25, 0.3) is 5.95 Å². The maximum Gasteiger partial charge on any atom is 0.349 e. The number of hydrogen-bond acceptors (Lipinski definition) is 6. The van der Waals surface area contributed by atoms with Crippen LogP contribution in [0, 0.1) is 0 Å². The Labute approximate surface area is 128 Å². The molecule has 0 aliphatic heterocycles. The third kappa shape index (κ3) is 5.28. The first kappa shape index (κ1) is 17.2. The van der Waals surface area contributed by atoms with Crippen LogP contribution in [0.15, 0.2) is 52.1 Å². The van der Waals surface area contributed by atoms with Crippen molar-refractivity contribution < 1.29 is 19.4 Å². The lowest BCUT2D eigenvalue weighted by atomic mass is 10.2. The normalized spacial score (nSPS) is 12.9. The van der Waals surface area contributed by atoms with Crippen molar-refractivity contribution in [2.45, 2.75) is 13.8 Å². The van der Waals surface area contributed by atoms with Gasteiger partial charge in [-0.2, -0.15) is 5.10 Å². The summed E-state index contributed by atoms with van der Waals surface area (Å²) in [4.78, 5) is 11.8. The number of rotatable bonds is 7. The fourth-order valence-electron chi connectivity index (χ4n) is 1.46. The predicted molar refractivity (Wildman–Crippen MR) is 83.6 cm³/mol. The zero-order valence-electron chi connectivity index (χ0n) is 12.5. The number of aliphatic hydroxyl groups is 1. The number of amidine groups is 1. The molecule has 0 heterocycles. The highest BCUT2D eigenvalue weighted by atomic mass is 16.6. The number of hydrogen-bond donors (Lipinski definition) is 2. The summed E-state index contributed by atoms with van der Waals surface area (Å²) in [7, 11) is 0. The van der Waals surface area contributed by atoms with E-state index in [9.17, 15) is 9.90 Å². The van der Waals surface area contributed by atoms with Gasteiger partial charge in [0.15, 0.2) is 11.4 Å². The summed E-state index contributed by atoms with van der Waals surface area (Å²) in [5, 5.41) is 17.2. The van der Waals surface area contributed by atoms with Crippen LogP contribution in [-0.4, -0.2) is 36.3 Å². The molecule has 0 radical (unpaired) electrons. The quantitative estimate of drug-likeness (QED) is 0.199. The number of aliphatic hydroxyl groups excluding tert-OH is 1. The highest BCUT2D eigenvalue weighted by Gasteiger charge is 2.22. The second kappa shape index (κ2) is 9.17. The minimum atomic E-state index is -0.829. The summed E-state index contributed by atoms with van der Waals surface area (Å²) >= 11 is 0. The standard InChI is InChI=1S/C15H19N3O4/c1-3-21-14(19)12(15(20)22-4-2)13(16)18-17-10-11-8-6-5-7-9-11/h5-10,19H,3-4H2,1-2H3,(H2,16,18)/b14-12-,17-10?. The predicted octanol–water partition coefficient (Wildman–Crippen LogP) is 1.75. The zero-order chi connectivity index (χ0) is 16.4. The Morgan fingerprint density at radius 1 is 1.23 bits per heavy atom. The van der Waals surface area contributed by atoms with Crippen LogP contribution in [0.25, 0.3) is 0 Å². The van der Waals surface area contributed by atoms with Gasteiger partial charge in [0, 0.05) is 0 Å². The number of ether oxygens (including phenoxy) is 2. The van der Waals surface area contributed by atoms with E-state index in [0.717, 1.165) is 5.56 Å². The Hall–Kier alpha value is -2.83. The molecule has 0 fully saturated rings. The van der Waals surface area contributed by atoms with Crippen LogP contribution in [0.3, 0.4) is 0 Å². The highest BCUT2D eigenvalue weighted by Crippen LogP contribution is 2.07. The molecule has 0 saturated heterocycles. The molecule has 0 spiro atoms. The van der Waals surface area contributed by atoms with Crippen LogP contribution in [0.4, 0.5) is 0 Å². The van der Waals surface area contributed by atoms with Crippen molar-refractivity contribution in [3.63, 3.8) is 0 Å². The van der Waals surface area contributed by atoms with Gasteiger partial charge in [0.05, 0.1) is 19.4 Å². The van der Waals surface area contributed by atoms with Gasteiger partial charge in [0.2, 0.25) is 0 Å². The van der Waals surface area contributed by atoms with E-state index in [1.165, 1.54) is 6.21 Å². The molecule has 0 aliphatic rings. The fraction of sp³-hybridized carbons (Fsp3) is 0.267.